The Hall–Kier alpha value is -3.25. The molecule has 0 aliphatic carbocycles. The highest BCUT2D eigenvalue weighted by atomic mass is 35.5. The number of hydrogen-bond donors (Lipinski definition) is 1. The van der Waals surface area contributed by atoms with Crippen LogP contribution in [0.2, 0.25) is 10.0 Å². The summed E-state index contributed by atoms with van der Waals surface area (Å²) in [6, 6.07) is 1.61. The van der Waals surface area contributed by atoms with Crippen LogP contribution in [0.4, 0.5) is 10.2 Å². The minimum absolute atomic E-state index is 0.0343. The number of halogens is 3. The van der Waals surface area contributed by atoms with Crippen molar-refractivity contribution in [3.05, 3.63) is 40.3 Å². The van der Waals surface area contributed by atoms with Gasteiger partial charge in [0.05, 0.1) is 39.9 Å². The molecule has 3 fully saturated rings. The Kier molecular flexibility index (Phi) is 6.22. The third-order valence-electron chi connectivity index (χ3n) is 8.92. The summed E-state index contributed by atoms with van der Waals surface area (Å²) in [6.07, 6.45) is 5.33. The second kappa shape index (κ2) is 9.90. The van der Waals surface area contributed by atoms with E-state index in [2.05, 4.69) is 36.5 Å². The van der Waals surface area contributed by atoms with Gasteiger partial charge in [-0.15, -0.1) is 0 Å². The van der Waals surface area contributed by atoms with Gasteiger partial charge in [0.25, 0.3) is 0 Å². The van der Waals surface area contributed by atoms with Crippen LogP contribution < -0.4 is 14.4 Å². The zero-order chi connectivity index (χ0) is 28.6. The van der Waals surface area contributed by atoms with Gasteiger partial charge in [0.2, 0.25) is 5.88 Å². The lowest BCUT2D eigenvalue weighted by molar-refractivity contribution is 0.108. The molecule has 0 saturated carbocycles. The van der Waals surface area contributed by atoms with Crippen LogP contribution in [-0.4, -0.2) is 87.7 Å². The van der Waals surface area contributed by atoms with Crippen molar-refractivity contribution in [2.24, 2.45) is 0 Å². The summed E-state index contributed by atoms with van der Waals surface area (Å²) >= 11 is 13.1. The Bertz CT molecular complexity index is 1770. The molecule has 0 radical (unpaired) electrons. The Morgan fingerprint density at radius 1 is 1.19 bits per heavy atom. The molecule has 0 amide bonds. The van der Waals surface area contributed by atoms with Crippen LogP contribution in [0.3, 0.4) is 0 Å². The van der Waals surface area contributed by atoms with Crippen molar-refractivity contribution in [1.82, 2.24) is 30.0 Å². The maximum atomic E-state index is 16.8. The molecule has 42 heavy (non-hydrogen) atoms. The van der Waals surface area contributed by atoms with Crippen molar-refractivity contribution in [3.63, 3.8) is 0 Å². The van der Waals surface area contributed by atoms with Gasteiger partial charge >= 0.3 is 6.01 Å². The van der Waals surface area contributed by atoms with Crippen molar-refractivity contribution in [1.29, 1.82) is 0 Å². The molecule has 8 rings (SSSR count). The molecule has 218 valence electrons. The summed E-state index contributed by atoms with van der Waals surface area (Å²) in [5.74, 6) is 0.0755. The molecule has 7 heterocycles. The lowest BCUT2D eigenvalue weighted by atomic mass is 9.94. The van der Waals surface area contributed by atoms with Crippen molar-refractivity contribution < 1.29 is 18.6 Å². The highest BCUT2D eigenvalue weighted by molar-refractivity contribution is 6.45. The molecule has 13 heteroatoms. The first kappa shape index (κ1) is 26.4. The molecule has 0 spiro atoms. The van der Waals surface area contributed by atoms with E-state index in [4.69, 9.17) is 42.4 Å². The van der Waals surface area contributed by atoms with Crippen molar-refractivity contribution >= 4 is 50.8 Å². The highest BCUT2D eigenvalue weighted by Gasteiger charge is 2.46. The van der Waals surface area contributed by atoms with Crippen LogP contribution in [0.1, 0.15) is 25.7 Å². The molecule has 1 aromatic carbocycles. The molecular weight excluding hydrogens is 584 g/mol. The molecule has 0 bridgehead atoms. The maximum absolute atomic E-state index is 16.8. The minimum Gasteiger partial charge on any atom is -0.475 e. The van der Waals surface area contributed by atoms with Crippen molar-refractivity contribution in [2.45, 2.75) is 37.3 Å². The van der Waals surface area contributed by atoms with Gasteiger partial charge in [0, 0.05) is 30.6 Å². The van der Waals surface area contributed by atoms with Gasteiger partial charge in [0.15, 0.2) is 5.82 Å². The van der Waals surface area contributed by atoms with Crippen LogP contribution in [0.5, 0.6) is 11.9 Å². The van der Waals surface area contributed by atoms with Gasteiger partial charge in [-0.1, -0.05) is 35.4 Å². The number of ether oxygens (including phenoxy) is 3. The molecule has 3 aromatic heterocycles. The van der Waals surface area contributed by atoms with E-state index in [9.17, 15) is 0 Å². The number of nitrogens with one attached hydrogen (secondary N) is 1. The molecule has 3 saturated heterocycles. The number of H-pyrrole nitrogens is 1. The van der Waals surface area contributed by atoms with Crippen LogP contribution in [0.25, 0.3) is 33.1 Å². The van der Waals surface area contributed by atoms with Crippen LogP contribution in [-0.2, 0) is 4.74 Å². The lowest BCUT2D eigenvalue weighted by Crippen LogP contribution is -2.43. The number of fused-ring (bicyclic) bond motifs is 4. The fourth-order valence-corrected chi connectivity index (χ4v) is 7.43. The van der Waals surface area contributed by atoms with Crippen LogP contribution in [0.15, 0.2) is 24.4 Å². The Labute approximate surface area is 250 Å². The Morgan fingerprint density at radius 3 is 3.00 bits per heavy atom. The van der Waals surface area contributed by atoms with Gasteiger partial charge in [-0.3, -0.25) is 10.00 Å². The average molecular weight is 612 g/mol. The maximum Gasteiger partial charge on any atom is 0.319 e. The first-order chi connectivity index (χ1) is 20.4. The average Bonchev–Trinajstić information content (AvgIpc) is 3.58. The van der Waals surface area contributed by atoms with Gasteiger partial charge in [0.1, 0.15) is 35.6 Å². The van der Waals surface area contributed by atoms with E-state index in [-0.39, 0.29) is 51.3 Å². The number of benzene rings is 1. The number of hydrogen-bond acceptors (Lipinski definition) is 9. The quantitative estimate of drug-likeness (QED) is 0.313. The summed E-state index contributed by atoms with van der Waals surface area (Å²) in [5.41, 5.74) is 1.98. The van der Waals surface area contributed by atoms with Gasteiger partial charge < -0.3 is 19.1 Å². The predicted octanol–water partition coefficient (Wildman–Crippen LogP) is 5.18. The van der Waals surface area contributed by atoms with Gasteiger partial charge in [-0.05, 0) is 38.3 Å². The second-order valence-electron chi connectivity index (χ2n) is 11.6. The molecule has 4 aliphatic rings. The summed E-state index contributed by atoms with van der Waals surface area (Å²) in [5, 5.41) is 8.36. The van der Waals surface area contributed by atoms with E-state index in [0.29, 0.717) is 54.0 Å². The summed E-state index contributed by atoms with van der Waals surface area (Å²) in [7, 11) is 0. The van der Waals surface area contributed by atoms with Crippen molar-refractivity contribution in [3.8, 4) is 23.1 Å². The van der Waals surface area contributed by atoms with Crippen LogP contribution >= 0.6 is 23.2 Å². The fraction of sp³-hybridized carbons (Fsp3) is 0.448. The minimum atomic E-state index is -0.670. The topological polar surface area (TPSA) is 102 Å². The number of nitrogens with zero attached hydrogens (tertiary/aromatic N) is 6. The standard InChI is InChI=1S/C29H28Cl2FN7O3/c1-15-9-29(4-2-5-38(29)11-15)14-42-28-35-25-21-26(36-28)39-6-3-7-40-12-16(39)13-41-27(21)34-24(23(25)32)20-17-10-33-37-19(17)8-18(30)22(20)31/h8,10,16H,1-7,9,11-14H2,(H,33,37)/t16-,29-/m0/s1. The van der Waals surface area contributed by atoms with E-state index in [0.717, 1.165) is 38.8 Å². The number of rotatable bonds is 4. The third-order valence-corrected chi connectivity index (χ3v) is 9.70. The van der Waals surface area contributed by atoms with Gasteiger partial charge in [-0.25, -0.2) is 9.37 Å². The first-order valence-corrected chi connectivity index (χ1v) is 14.9. The Balaban J connectivity index is 1.32. The van der Waals surface area contributed by atoms with Crippen molar-refractivity contribution in [2.75, 3.05) is 51.0 Å². The van der Waals surface area contributed by atoms with E-state index in [1.165, 1.54) is 5.57 Å². The molecule has 4 aliphatic heterocycles. The van der Waals surface area contributed by atoms with E-state index < -0.39 is 5.82 Å². The zero-order valence-electron chi connectivity index (χ0n) is 22.8. The highest BCUT2D eigenvalue weighted by Crippen LogP contribution is 2.46. The number of aromatic amines is 1. The third kappa shape index (κ3) is 4.05. The van der Waals surface area contributed by atoms with E-state index >= 15 is 4.39 Å². The normalized spacial score (nSPS) is 24.0. The van der Waals surface area contributed by atoms with E-state index in [1.807, 2.05) is 0 Å². The molecule has 0 unspecified atom stereocenters. The summed E-state index contributed by atoms with van der Waals surface area (Å²) in [6.45, 7) is 8.51. The summed E-state index contributed by atoms with van der Waals surface area (Å²) < 4.78 is 35.2. The zero-order valence-corrected chi connectivity index (χ0v) is 24.3. The number of aromatic nitrogens is 5. The molecule has 1 N–H and O–H groups in total. The molecule has 4 aromatic rings. The molecular formula is C29H28Cl2FN7O3. The monoisotopic (exact) mass is 611 g/mol. The second-order valence-corrected chi connectivity index (χ2v) is 12.3. The summed E-state index contributed by atoms with van der Waals surface area (Å²) in [4.78, 5) is 18.7. The van der Waals surface area contributed by atoms with E-state index in [1.54, 1.807) is 12.3 Å². The largest absolute Gasteiger partial charge is 0.475 e. The SMILES string of the molecule is C=C1CN2CCC[C@@]2(COc2nc3c4c(nc(-c5c(Cl)c(Cl)cc6[nH]ncc56)c(F)c4n2)OC[C@@H]2COCCCN32)C1. The predicted molar refractivity (Wildman–Crippen MR) is 157 cm³/mol. The lowest BCUT2D eigenvalue weighted by Gasteiger charge is -2.31. The smallest absolute Gasteiger partial charge is 0.319 e. The fourth-order valence-electron chi connectivity index (χ4n) is 6.98. The molecule has 2 atom stereocenters. The Morgan fingerprint density at radius 2 is 2.10 bits per heavy atom. The number of anilines is 1. The van der Waals surface area contributed by atoms with Gasteiger partial charge in [-0.2, -0.15) is 15.1 Å². The van der Waals surface area contributed by atoms with Crippen LogP contribution in [0, 0.1) is 5.82 Å². The molecule has 10 nitrogen and oxygen atoms in total. The number of pyridine rings is 1. The first-order valence-electron chi connectivity index (χ1n) is 14.2.